The third-order valence-corrected chi connectivity index (χ3v) is 6.70. The molecule has 4 heteroatoms. The normalized spacial score (nSPS) is 27.6. The molecule has 0 heterocycles. The summed E-state index contributed by atoms with van der Waals surface area (Å²) in [5, 5.41) is 0. The lowest BCUT2D eigenvalue weighted by atomic mass is 9.44. The SMILES string of the molecule is CCOC(=O)C(CC(C)C)(CC1CC[C@H]2C[C@@H]1C2(C)C)C(=O)OCC. The van der Waals surface area contributed by atoms with E-state index in [4.69, 9.17) is 9.47 Å². The highest BCUT2D eigenvalue weighted by atomic mass is 16.6. The van der Waals surface area contributed by atoms with E-state index < -0.39 is 5.41 Å². The van der Waals surface area contributed by atoms with Gasteiger partial charge in [0.05, 0.1) is 13.2 Å². The zero-order chi connectivity index (χ0) is 18.8. The molecule has 3 fully saturated rings. The molecule has 3 aliphatic rings. The first-order valence-corrected chi connectivity index (χ1v) is 10.0. The summed E-state index contributed by atoms with van der Waals surface area (Å²) < 4.78 is 10.8. The zero-order valence-electron chi connectivity index (χ0n) is 16.9. The Kier molecular flexibility index (Phi) is 6.22. The van der Waals surface area contributed by atoms with Gasteiger partial charge in [0.15, 0.2) is 5.41 Å². The summed E-state index contributed by atoms with van der Waals surface area (Å²) in [5.41, 5.74) is -0.820. The van der Waals surface area contributed by atoms with Gasteiger partial charge in [-0.1, -0.05) is 27.7 Å². The maximum absolute atomic E-state index is 12.9. The summed E-state index contributed by atoms with van der Waals surface area (Å²) in [6.07, 6.45) is 4.62. The number of rotatable bonds is 8. The number of hydrogen-bond donors (Lipinski definition) is 0. The summed E-state index contributed by atoms with van der Waals surface area (Å²) in [5.74, 6) is 1.25. The van der Waals surface area contributed by atoms with Crippen LogP contribution in [0.1, 0.15) is 73.6 Å². The van der Waals surface area contributed by atoms with Crippen LogP contribution in [0.5, 0.6) is 0 Å². The van der Waals surface area contributed by atoms with Crippen LogP contribution in [0.2, 0.25) is 0 Å². The van der Waals surface area contributed by atoms with Gasteiger partial charge in [0.25, 0.3) is 0 Å². The Morgan fingerprint density at radius 3 is 2.04 bits per heavy atom. The summed E-state index contributed by atoms with van der Waals surface area (Å²) >= 11 is 0. The molecule has 0 amide bonds. The van der Waals surface area contributed by atoms with Crippen LogP contribution in [-0.4, -0.2) is 25.2 Å². The molecule has 0 radical (unpaired) electrons. The molecule has 3 saturated carbocycles. The topological polar surface area (TPSA) is 52.6 Å². The highest BCUT2D eigenvalue weighted by molar-refractivity contribution is 6.00. The van der Waals surface area contributed by atoms with Gasteiger partial charge in [-0.3, -0.25) is 9.59 Å². The molecule has 0 N–H and O–H groups in total. The minimum absolute atomic E-state index is 0.222. The number of hydrogen-bond acceptors (Lipinski definition) is 4. The Labute approximate surface area is 153 Å². The molecule has 144 valence electrons. The van der Waals surface area contributed by atoms with Crippen molar-refractivity contribution in [2.24, 2.45) is 34.5 Å². The van der Waals surface area contributed by atoms with Crippen LogP contribution in [0.3, 0.4) is 0 Å². The monoisotopic (exact) mass is 352 g/mol. The fourth-order valence-corrected chi connectivity index (χ4v) is 5.39. The maximum Gasteiger partial charge on any atom is 0.323 e. The highest BCUT2D eigenvalue weighted by Crippen LogP contribution is 2.63. The lowest BCUT2D eigenvalue weighted by Gasteiger charge is -2.61. The second-order valence-corrected chi connectivity index (χ2v) is 9.02. The van der Waals surface area contributed by atoms with E-state index in [1.54, 1.807) is 13.8 Å². The number of esters is 2. The van der Waals surface area contributed by atoms with Gasteiger partial charge in [-0.2, -0.15) is 0 Å². The van der Waals surface area contributed by atoms with Crippen LogP contribution in [0, 0.1) is 34.5 Å². The lowest BCUT2D eigenvalue weighted by Crippen LogP contribution is -2.55. The Bertz CT molecular complexity index is 474. The molecule has 25 heavy (non-hydrogen) atoms. The molecule has 1 unspecified atom stereocenters. The van der Waals surface area contributed by atoms with E-state index in [2.05, 4.69) is 27.7 Å². The van der Waals surface area contributed by atoms with Gasteiger partial charge in [0.2, 0.25) is 0 Å². The summed E-state index contributed by atoms with van der Waals surface area (Å²) in [6, 6.07) is 0. The van der Waals surface area contributed by atoms with E-state index in [9.17, 15) is 9.59 Å². The standard InChI is InChI=1S/C21H36O4/c1-7-24-18(22)21(12-14(3)4,19(23)25-8-2)13-15-9-10-16-11-17(15)20(16,5)6/h14-17H,7-13H2,1-6H3/t15?,16-,17-/m0/s1. The molecular weight excluding hydrogens is 316 g/mol. The predicted octanol–water partition coefficient (Wildman–Crippen LogP) is 4.61. The first-order chi connectivity index (χ1) is 11.7. The lowest BCUT2D eigenvalue weighted by molar-refractivity contribution is -0.180. The first-order valence-electron chi connectivity index (χ1n) is 10.0. The van der Waals surface area contributed by atoms with Crippen molar-refractivity contribution in [3.63, 3.8) is 0 Å². The van der Waals surface area contributed by atoms with Gasteiger partial charge in [-0.15, -0.1) is 0 Å². The smallest absolute Gasteiger partial charge is 0.323 e. The first kappa shape index (κ1) is 20.3. The second kappa shape index (κ2) is 7.67. The fraction of sp³-hybridized carbons (Fsp3) is 0.905. The largest absolute Gasteiger partial charge is 0.465 e. The molecule has 3 atom stereocenters. The third kappa shape index (κ3) is 3.73. The van der Waals surface area contributed by atoms with Crippen LogP contribution in [0.4, 0.5) is 0 Å². The van der Waals surface area contributed by atoms with Gasteiger partial charge in [0, 0.05) is 0 Å². The van der Waals surface area contributed by atoms with E-state index in [0.717, 1.165) is 12.3 Å². The number of ether oxygens (including phenoxy) is 2. The average Bonchev–Trinajstić information content (AvgIpc) is 2.54. The van der Waals surface area contributed by atoms with E-state index in [1.165, 1.54) is 12.8 Å². The Morgan fingerprint density at radius 2 is 1.64 bits per heavy atom. The summed E-state index contributed by atoms with van der Waals surface area (Å²) in [6.45, 7) is 13.0. The van der Waals surface area contributed by atoms with Gasteiger partial charge < -0.3 is 9.47 Å². The molecule has 0 aliphatic heterocycles. The van der Waals surface area contributed by atoms with Crippen molar-refractivity contribution in [3.05, 3.63) is 0 Å². The van der Waals surface area contributed by atoms with E-state index >= 15 is 0 Å². The minimum atomic E-state index is -1.15. The maximum atomic E-state index is 12.9. The number of carbonyl (C=O) groups excluding carboxylic acids is 2. The van der Waals surface area contributed by atoms with Crippen molar-refractivity contribution < 1.29 is 19.1 Å². The molecule has 0 aromatic heterocycles. The minimum Gasteiger partial charge on any atom is -0.465 e. The van der Waals surface area contributed by atoms with Crippen molar-refractivity contribution in [1.82, 2.24) is 0 Å². The van der Waals surface area contributed by atoms with Crippen molar-refractivity contribution in [2.45, 2.75) is 73.6 Å². The molecule has 2 bridgehead atoms. The molecule has 0 aromatic rings. The van der Waals surface area contributed by atoms with E-state index in [-0.39, 0.29) is 17.9 Å². The molecule has 0 saturated heterocycles. The quantitative estimate of drug-likeness (QED) is 0.473. The van der Waals surface area contributed by atoms with Crippen molar-refractivity contribution in [3.8, 4) is 0 Å². The van der Waals surface area contributed by atoms with Crippen LogP contribution >= 0.6 is 0 Å². The number of fused-ring (bicyclic) bond motifs is 2. The van der Waals surface area contributed by atoms with Crippen molar-refractivity contribution in [2.75, 3.05) is 13.2 Å². The van der Waals surface area contributed by atoms with Crippen LogP contribution in [0.15, 0.2) is 0 Å². The fourth-order valence-electron chi connectivity index (χ4n) is 5.39. The van der Waals surface area contributed by atoms with Gasteiger partial charge in [-0.05, 0) is 75.0 Å². The molecule has 0 aromatic carbocycles. The van der Waals surface area contributed by atoms with Crippen molar-refractivity contribution >= 4 is 11.9 Å². The van der Waals surface area contributed by atoms with Crippen molar-refractivity contribution in [1.29, 1.82) is 0 Å². The Hall–Kier alpha value is -1.06. The van der Waals surface area contributed by atoms with E-state index in [0.29, 0.717) is 43.3 Å². The zero-order valence-corrected chi connectivity index (χ0v) is 16.9. The number of carbonyl (C=O) groups is 2. The van der Waals surface area contributed by atoms with Gasteiger partial charge >= 0.3 is 11.9 Å². The van der Waals surface area contributed by atoms with Crippen LogP contribution < -0.4 is 0 Å². The Morgan fingerprint density at radius 1 is 1.08 bits per heavy atom. The molecular formula is C21H36O4. The van der Waals surface area contributed by atoms with Crippen LogP contribution in [0.25, 0.3) is 0 Å². The second-order valence-electron chi connectivity index (χ2n) is 9.02. The molecule has 0 spiro atoms. The molecule has 3 aliphatic carbocycles. The van der Waals surface area contributed by atoms with Gasteiger partial charge in [-0.25, -0.2) is 0 Å². The predicted molar refractivity (Wildman–Crippen MR) is 97.9 cm³/mol. The average molecular weight is 353 g/mol. The van der Waals surface area contributed by atoms with Gasteiger partial charge in [0.1, 0.15) is 0 Å². The molecule has 4 nitrogen and oxygen atoms in total. The highest BCUT2D eigenvalue weighted by Gasteiger charge is 2.58. The van der Waals surface area contributed by atoms with E-state index in [1.807, 2.05) is 0 Å². The molecule has 3 rings (SSSR count). The van der Waals surface area contributed by atoms with Crippen LogP contribution in [-0.2, 0) is 19.1 Å². The summed E-state index contributed by atoms with van der Waals surface area (Å²) in [7, 11) is 0. The summed E-state index contributed by atoms with van der Waals surface area (Å²) in [4.78, 5) is 25.9. The Balaban J connectivity index is 2.31. The third-order valence-electron chi connectivity index (χ3n) is 6.70.